The minimum atomic E-state index is 0.206. The highest BCUT2D eigenvalue weighted by Crippen LogP contribution is 2.15. The number of hydrogen-bond acceptors (Lipinski definition) is 2. The van der Waals surface area contributed by atoms with Gasteiger partial charge < -0.3 is 16.4 Å². The van der Waals surface area contributed by atoms with E-state index in [0.717, 1.165) is 25.4 Å². The second-order valence-electron chi connectivity index (χ2n) is 4.21. The van der Waals surface area contributed by atoms with E-state index in [1.165, 1.54) is 25.9 Å². The van der Waals surface area contributed by atoms with Crippen molar-refractivity contribution in [2.24, 2.45) is 22.4 Å². The van der Waals surface area contributed by atoms with Crippen molar-refractivity contribution >= 4 is 5.96 Å². The second kappa shape index (κ2) is 5.86. The molecule has 0 aromatic carbocycles. The number of guanidine groups is 1. The number of aliphatic imine (C=N–C) groups is 1. The lowest BCUT2D eigenvalue weighted by molar-refractivity contribution is 0.183. The van der Waals surface area contributed by atoms with E-state index in [-0.39, 0.29) is 5.96 Å². The van der Waals surface area contributed by atoms with Gasteiger partial charge in [0.1, 0.15) is 0 Å². The fourth-order valence-corrected chi connectivity index (χ4v) is 1.99. The Balaban J connectivity index is 2.09. The van der Waals surface area contributed by atoms with E-state index in [9.17, 15) is 0 Å². The minimum Gasteiger partial charge on any atom is -0.370 e. The maximum absolute atomic E-state index is 5.25. The molecule has 0 saturated carbocycles. The highest BCUT2D eigenvalue weighted by atomic mass is 15.1. The average molecular weight is 198 g/mol. The molecule has 0 spiro atoms. The molecule has 4 N–H and O–H groups in total. The first-order valence-electron chi connectivity index (χ1n) is 5.46. The van der Waals surface area contributed by atoms with Gasteiger partial charge in [-0.25, -0.2) is 0 Å². The Hall–Kier alpha value is -0.770. The fraction of sp³-hybridized carbons (Fsp3) is 0.900. The molecule has 1 heterocycles. The van der Waals surface area contributed by atoms with E-state index >= 15 is 0 Å². The van der Waals surface area contributed by atoms with Gasteiger partial charge in [0.15, 0.2) is 5.96 Å². The summed E-state index contributed by atoms with van der Waals surface area (Å²) in [5, 5.41) is 0. The molecule has 82 valence electrons. The van der Waals surface area contributed by atoms with Gasteiger partial charge in [-0.2, -0.15) is 0 Å². The zero-order valence-corrected chi connectivity index (χ0v) is 9.08. The monoisotopic (exact) mass is 198 g/mol. The summed E-state index contributed by atoms with van der Waals surface area (Å²) in [5.41, 5.74) is 10.5. The van der Waals surface area contributed by atoms with Crippen molar-refractivity contribution in [1.82, 2.24) is 4.90 Å². The first-order chi connectivity index (χ1) is 6.68. The molecule has 0 aromatic heterocycles. The molecule has 4 heteroatoms. The van der Waals surface area contributed by atoms with E-state index in [4.69, 9.17) is 11.5 Å². The van der Waals surface area contributed by atoms with Crippen LogP contribution in [0.5, 0.6) is 0 Å². The first kappa shape index (κ1) is 11.3. The summed E-state index contributed by atoms with van der Waals surface area (Å²) in [6.45, 7) is 6.69. The summed E-state index contributed by atoms with van der Waals surface area (Å²) in [6.07, 6.45) is 3.78. The first-order valence-corrected chi connectivity index (χ1v) is 5.46. The lowest BCUT2D eigenvalue weighted by Crippen LogP contribution is -2.35. The van der Waals surface area contributed by atoms with Crippen LogP contribution in [-0.2, 0) is 0 Å². The summed E-state index contributed by atoms with van der Waals surface area (Å²) in [4.78, 5) is 6.48. The van der Waals surface area contributed by atoms with Crippen LogP contribution in [0.4, 0.5) is 0 Å². The summed E-state index contributed by atoms with van der Waals surface area (Å²) in [5.74, 6) is 1.06. The van der Waals surface area contributed by atoms with Crippen molar-refractivity contribution in [3.8, 4) is 0 Å². The quantitative estimate of drug-likeness (QED) is 0.390. The maximum Gasteiger partial charge on any atom is 0.185 e. The predicted molar refractivity (Wildman–Crippen MR) is 60.1 cm³/mol. The van der Waals surface area contributed by atoms with Crippen LogP contribution in [0.3, 0.4) is 0 Å². The molecule has 4 nitrogen and oxygen atoms in total. The highest BCUT2D eigenvalue weighted by Gasteiger charge is 2.14. The van der Waals surface area contributed by atoms with Gasteiger partial charge in [0.2, 0.25) is 0 Å². The molecule has 0 aromatic rings. The van der Waals surface area contributed by atoms with Crippen LogP contribution in [0.2, 0.25) is 0 Å². The summed E-state index contributed by atoms with van der Waals surface area (Å²) in [6, 6.07) is 0. The molecule has 1 saturated heterocycles. The lowest BCUT2D eigenvalue weighted by Gasteiger charge is -2.30. The van der Waals surface area contributed by atoms with E-state index in [2.05, 4.69) is 16.8 Å². The number of nitrogens with zero attached hydrogens (tertiary/aromatic N) is 2. The third-order valence-corrected chi connectivity index (χ3v) is 2.67. The van der Waals surface area contributed by atoms with Gasteiger partial charge in [-0.3, -0.25) is 4.99 Å². The minimum absolute atomic E-state index is 0.206. The van der Waals surface area contributed by atoms with E-state index in [1.807, 2.05) is 0 Å². The molecular formula is C10H22N4. The Kier molecular flexibility index (Phi) is 4.73. The van der Waals surface area contributed by atoms with Crippen molar-refractivity contribution < 1.29 is 0 Å². The van der Waals surface area contributed by atoms with Crippen LogP contribution >= 0.6 is 0 Å². The Morgan fingerprint density at radius 2 is 2.29 bits per heavy atom. The summed E-state index contributed by atoms with van der Waals surface area (Å²) in [7, 11) is 0. The molecule has 1 atom stereocenters. The Bertz CT molecular complexity index is 187. The SMILES string of the molecule is CC1CCCN(CCCN=C(N)N)C1. The fourth-order valence-electron chi connectivity index (χ4n) is 1.99. The average Bonchev–Trinajstić information content (AvgIpc) is 2.12. The molecule has 0 aliphatic carbocycles. The zero-order chi connectivity index (χ0) is 10.4. The molecule has 0 radical (unpaired) electrons. The predicted octanol–water partition coefficient (Wildman–Crippen LogP) is 0.382. The Morgan fingerprint density at radius 1 is 1.50 bits per heavy atom. The maximum atomic E-state index is 5.25. The molecule has 1 fully saturated rings. The van der Waals surface area contributed by atoms with Gasteiger partial charge in [-0.05, 0) is 38.3 Å². The molecule has 1 rings (SSSR count). The van der Waals surface area contributed by atoms with Crippen LogP contribution < -0.4 is 11.5 Å². The largest absolute Gasteiger partial charge is 0.370 e. The van der Waals surface area contributed by atoms with Gasteiger partial charge in [0, 0.05) is 13.1 Å². The summed E-state index contributed by atoms with van der Waals surface area (Å²) >= 11 is 0. The lowest BCUT2D eigenvalue weighted by atomic mass is 10.0. The van der Waals surface area contributed by atoms with Gasteiger partial charge >= 0.3 is 0 Å². The molecule has 0 bridgehead atoms. The van der Waals surface area contributed by atoms with Crippen LogP contribution in [-0.4, -0.2) is 37.0 Å². The van der Waals surface area contributed by atoms with E-state index < -0.39 is 0 Å². The number of likely N-dealkylation sites (tertiary alicyclic amines) is 1. The van der Waals surface area contributed by atoms with Gasteiger partial charge in [-0.15, -0.1) is 0 Å². The van der Waals surface area contributed by atoms with E-state index in [0.29, 0.717) is 0 Å². The van der Waals surface area contributed by atoms with E-state index in [1.54, 1.807) is 0 Å². The zero-order valence-electron chi connectivity index (χ0n) is 9.08. The number of rotatable bonds is 4. The second-order valence-corrected chi connectivity index (χ2v) is 4.21. The van der Waals surface area contributed by atoms with Crippen molar-refractivity contribution in [3.63, 3.8) is 0 Å². The van der Waals surface area contributed by atoms with Crippen molar-refractivity contribution in [2.45, 2.75) is 26.2 Å². The normalized spacial score (nSPS) is 23.4. The molecular weight excluding hydrogens is 176 g/mol. The molecule has 1 unspecified atom stereocenters. The number of nitrogens with two attached hydrogens (primary N) is 2. The topological polar surface area (TPSA) is 67.6 Å². The van der Waals surface area contributed by atoms with Gasteiger partial charge in [0.05, 0.1) is 0 Å². The van der Waals surface area contributed by atoms with Gasteiger partial charge in [-0.1, -0.05) is 6.92 Å². The number of hydrogen-bond donors (Lipinski definition) is 2. The van der Waals surface area contributed by atoms with Crippen LogP contribution in [0.25, 0.3) is 0 Å². The summed E-state index contributed by atoms with van der Waals surface area (Å²) < 4.78 is 0. The molecule has 0 amide bonds. The van der Waals surface area contributed by atoms with Crippen LogP contribution in [0.1, 0.15) is 26.2 Å². The van der Waals surface area contributed by atoms with Crippen molar-refractivity contribution in [1.29, 1.82) is 0 Å². The van der Waals surface area contributed by atoms with Crippen LogP contribution in [0.15, 0.2) is 4.99 Å². The molecule has 1 aliphatic heterocycles. The third-order valence-electron chi connectivity index (χ3n) is 2.67. The van der Waals surface area contributed by atoms with Crippen LogP contribution in [0, 0.1) is 5.92 Å². The van der Waals surface area contributed by atoms with Crippen molar-refractivity contribution in [3.05, 3.63) is 0 Å². The Labute approximate surface area is 86.4 Å². The third kappa shape index (κ3) is 4.46. The highest BCUT2D eigenvalue weighted by molar-refractivity contribution is 5.75. The standard InChI is InChI=1S/C10H22N4/c1-9-4-2-6-14(8-9)7-3-5-13-10(11)12/h9H,2-8H2,1H3,(H4,11,12,13). The number of piperidine rings is 1. The molecule has 1 aliphatic rings. The Morgan fingerprint density at radius 3 is 2.93 bits per heavy atom. The smallest absolute Gasteiger partial charge is 0.185 e. The van der Waals surface area contributed by atoms with Crippen molar-refractivity contribution in [2.75, 3.05) is 26.2 Å². The van der Waals surface area contributed by atoms with Gasteiger partial charge in [0.25, 0.3) is 0 Å². The molecule has 14 heavy (non-hydrogen) atoms.